The first kappa shape index (κ1) is 20.2. The normalized spacial score (nSPS) is 16.0. The fourth-order valence-electron chi connectivity index (χ4n) is 3.81. The summed E-state index contributed by atoms with van der Waals surface area (Å²) in [7, 11) is 0. The molecular weight excluding hydrogens is 400 g/mol. The summed E-state index contributed by atoms with van der Waals surface area (Å²) in [6, 6.07) is 7.52. The highest BCUT2D eigenvalue weighted by Crippen LogP contribution is 2.24. The second kappa shape index (κ2) is 9.13. The molecule has 0 radical (unpaired) electrons. The molecule has 8 nitrogen and oxygen atoms in total. The standard InChI is InChI=1S/C21H24N6O2S/c22-14-16-1-5-23-19(13-16)25-8-10-26(11-9-25)21(29)24-6-2-20(28)27-7-3-18-17(15-27)4-12-30-18/h1,4-5,12-13H,2-3,6-11,15H2,(H,24,29). The number of nitrogens with one attached hydrogen (secondary N) is 1. The van der Waals surface area contributed by atoms with Gasteiger partial charge in [-0.15, -0.1) is 11.3 Å². The van der Waals surface area contributed by atoms with Crippen molar-refractivity contribution in [1.82, 2.24) is 20.1 Å². The predicted octanol–water partition coefficient (Wildman–Crippen LogP) is 1.82. The zero-order valence-electron chi connectivity index (χ0n) is 16.7. The molecule has 0 saturated carbocycles. The van der Waals surface area contributed by atoms with Crippen LogP contribution in [0, 0.1) is 11.3 Å². The maximum Gasteiger partial charge on any atom is 0.317 e. The van der Waals surface area contributed by atoms with Gasteiger partial charge >= 0.3 is 6.03 Å². The lowest BCUT2D eigenvalue weighted by Crippen LogP contribution is -2.52. The van der Waals surface area contributed by atoms with Crippen LogP contribution in [0.2, 0.25) is 0 Å². The average molecular weight is 425 g/mol. The molecular formula is C21H24N6O2S. The molecule has 1 N–H and O–H groups in total. The smallest absolute Gasteiger partial charge is 0.317 e. The Morgan fingerprint density at radius 1 is 1.17 bits per heavy atom. The monoisotopic (exact) mass is 424 g/mol. The van der Waals surface area contributed by atoms with E-state index in [0.717, 1.165) is 18.8 Å². The molecule has 0 aromatic carbocycles. The molecule has 0 aliphatic carbocycles. The molecule has 0 spiro atoms. The molecule has 2 aliphatic heterocycles. The maximum absolute atomic E-state index is 12.5. The Morgan fingerprint density at radius 2 is 2.00 bits per heavy atom. The van der Waals surface area contributed by atoms with E-state index in [-0.39, 0.29) is 11.9 Å². The van der Waals surface area contributed by atoms with Gasteiger partial charge < -0.3 is 20.0 Å². The summed E-state index contributed by atoms with van der Waals surface area (Å²) < 4.78 is 0. The van der Waals surface area contributed by atoms with E-state index in [4.69, 9.17) is 5.26 Å². The Kier molecular flexibility index (Phi) is 6.14. The molecule has 1 fully saturated rings. The zero-order chi connectivity index (χ0) is 20.9. The summed E-state index contributed by atoms with van der Waals surface area (Å²) in [6.07, 6.45) is 2.86. The van der Waals surface area contributed by atoms with E-state index in [1.165, 1.54) is 10.4 Å². The van der Waals surface area contributed by atoms with Crippen LogP contribution < -0.4 is 10.2 Å². The van der Waals surface area contributed by atoms with Gasteiger partial charge in [-0.05, 0) is 35.6 Å². The number of pyridine rings is 1. The number of fused-ring (bicyclic) bond motifs is 1. The molecule has 1 saturated heterocycles. The van der Waals surface area contributed by atoms with Crippen molar-refractivity contribution in [3.05, 3.63) is 45.8 Å². The molecule has 0 unspecified atom stereocenters. The molecule has 0 bridgehead atoms. The Balaban J connectivity index is 1.19. The van der Waals surface area contributed by atoms with Gasteiger partial charge in [0.1, 0.15) is 5.82 Å². The van der Waals surface area contributed by atoms with Crippen LogP contribution in [0.5, 0.6) is 0 Å². The SMILES string of the molecule is N#Cc1ccnc(N2CCN(C(=O)NCCC(=O)N3CCc4sccc4C3)CC2)c1. The van der Waals surface area contributed by atoms with Crippen LogP contribution in [0.15, 0.2) is 29.8 Å². The van der Waals surface area contributed by atoms with Crippen molar-refractivity contribution in [2.24, 2.45) is 0 Å². The van der Waals surface area contributed by atoms with Crippen LogP contribution in [0.4, 0.5) is 10.6 Å². The molecule has 4 rings (SSSR count). The third kappa shape index (κ3) is 4.54. The Bertz CT molecular complexity index is 960. The number of nitriles is 1. The number of hydrogen-bond donors (Lipinski definition) is 1. The van der Waals surface area contributed by atoms with Gasteiger partial charge in [0.15, 0.2) is 0 Å². The summed E-state index contributed by atoms with van der Waals surface area (Å²) in [5, 5.41) is 14.0. The van der Waals surface area contributed by atoms with E-state index < -0.39 is 0 Å². The van der Waals surface area contributed by atoms with Crippen LogP contribution in [0.25, 0.3) is 0 Å². The molecule has 2 aromatic heterocycles. The summed E-state index contributed by atoms with van der Waals surface area (Å²) in [5.41, 5.74) is 1.82. The summed E-state index contributed by atoms with van der Waals surface area (Å²) in [6.45, 7) is 4.24. The quantitative estimate of drug-likeness (QED) is 0.808. The first-order valence-corrected chi connectivity index (χ1v) is 11.0. The van der Waals surface area contributed by atoms with Crippen molar-refractivity contribution in [2.45, 2.75) is 19.4 Å². The minimum Gasteiger partial charge on any atom is -0.353 e. The van der Waals surface area contributed by atoms with Gasteiger partial charge in [-0.3, -0.25) is 4.79 Å². The number of anilines is 1. The second-order valence-electron chi connectivity index (χ2n) is 7.40. The van der Waals surface area contributed by atoms with Gasteiger partial charge in [-0.2, -0.15) is 5.26 Å². The lowest BCUT2D eigenvalue weighted by atomic mass is 10.1. The highest BCUT2D eigenvalue weighted by molar-refractivity contribution is 7.10. The van der Waals surface area contributed by atoms with Crippen LogP contribution in [0.1, 0.15) is 22.4 Å². The van der Waals surface area contributed by atoms with E-state index in [0.29, 0.717) is 51.3 Å². The molecule has 2 aliphatic rings. The van der Waals surface area contributed by atoms with Crippen molar-refractivity contribution in [2.75, 3.05) is 44.2 Å². The highest BCUT2D eigenvalue weighted by Gasteiger charge is 2.23. The molecule has 3 amide bonds. The van der Waals surface area contributed by atoms with Crippen LogP contribution in [-0.4, -0.2) is 66.0 Å². The molecule has 30 heavy (non-hydrogen) atoms. The van der Waals surface area contributed by atoms with Crippen LogP contribution >= 0.6 is 11.3 Å². The number of nitrogens with zero attached hydrogens (tertiary/aromatic N) is 5. The van der Waals surface area contributed by atoms with E-state index >= 15 is 0 Å². The number of rotatable bonds is 4. The Labute approximate surface area is 179 Å². The van der Waals surface area contributed by atoms with Crippen molar-refractivity contribution in [3.8, 4) is 6.07 Å². The Morgan fingerprint density at radius 3 is 2.80 bits per heavy atom. The number of carbonyl (C=O) groups is 2. The number of carbonyl (C=O) groups excluding carboxylic acids is 2. The first-order chi connectivity index (χ1) is 14.6. The minimum atomic E-state index is -0.139. The van der Waals surface area contributed by atoms with E-state index in [2.05, 4.69) is 32.7 Å². The van der Waals surface area contributed by atoms with E-state index in [1.54, 1.807) is 34.6 Å². The van der Waals surface area contributed by atoms with E-state index in [9.17, 15) is 9.59 Å². The number of urea groups is 1. The number of thiophene rings is 1. The van der Waals surface area contributed by atoms with Crippen LogP contribution in [0.3, 0.4) is 0 Å². The van der Waals surface area contributed by atoms with Gasteiger partial charge in [0.2, 0.25) is 5.91 Å². The summed E-state index contributed by atoms with van der Waals surface area (Å²) in [5.74, 6) is 0.843. The topological polar surface area (TPSA) is 92.6 Å². The van der Waals surface area contributed by atoms with Gasteiger partial charge in [0.05, 0.1) is 11.6 Å². The van der Waals surface area contributed by atoms with Crippen molar-refractivity contribution >= 4 is 29.1 Å². The molecule has 9 heteroatoms. The van der Waals surface area contributed by atoms with Gasteiger partial charge in [-0.25, -0.2) is 9.78 Å². The second-order valence-corrected chi connectivity index (χ2v) is 8.41. The fraction of sp³-hybridized carbons (Fsp3) is 0.429. The Hall–Kier alpha value is -3.12. The maximum atomic E-state index is 12.5. The van der Waals surface area contributed by atoms with Crippen molar-refractivity contribution in [1.29, 1.82) is 5.26 Å². The fourth-order valence-corrected chi connectivity index (χ4v) is 4.70. The van der Waals surface area contributed by atoms with Crippen LogP contribution in [-0.2, 0) is 17.8 Å². The zero-order valence-corrected chi connectivity index (χ0v) is 17.5. The molecule has 2 aromatic rings. The lowest BCUT2D eigenvalue weighted by molar-refractivity contribution is -0.131. The van der Waals surface area contributed by atoms with Gasteiger partial charge in [-0.1, -0.05) is 0 Å². The predicted molar refractivity (Wildman–Crippen MR) is 114 cm³/mol. The number of aromatic nitrogens is 1. The summed E-state index contributed by atoms with van der Waals surface area (Å²) in [4.78, 5) is 36.3. The highest BCUT2D eigenvalue weighted by atomic mass is 32.1. The largest absolute Gasteiger partial charge is 0.353 e. The number of hydrogen-bond acceptors (Lipinski definition) is 6. The minimum absolute atomic E-state index is 0.0837. The number of piperazine rings is 1. The third-order valence-corrected chi connectivity index (χ3v) is 6.56. The average Bonchev–Trinajstić information content (AvgIpc) is 3.27. The van der Waals surface area contributed by atoms with E-state index in [1.807, 2.05) is 4.90 Å². The lowest BCUT2D eigenvalue weighted by Gasteiger charge is -2.35. The van der Waals surface area contributed by atoms with Crippen molar-refractivity contribution in [3.63, 3.8) is 0 Å². The van der Waals surface area contributed by atoms with Crippen molar-refractivity contribution < 1.29 is 9.59 Å². The molecule has 156 valence electrons. The molecule has 4 heterocycles. The summed E-state index contributed by atoms with van der Waals surface area (Å²) >= 11 is 1.76. The molecule has 0 atom stereocenters. The van der Waals surface area contributed by atoms with Gasteiger partial charge in [0.25, 0.3) is 0 Å². The third-order valence-electron chi connectivity index (χ3n) is 5.54. The first-order valence-electron chi connectivity index (χ1n) is 10.1. The number of amides is 3. The van der Waals surface area contributed by atoms with Gasteiger partial charge in [0, 0.05) is 63.3 Å².